The number of ether oxygens (including phenoxy) is 1. The summed E-state index contributed by atoms with van der Waals surface area (Å²) in [7, 11) is -0.360. The third-order valence-corrected chi connectivity index (χ3v) is 4.69. The van der Waals surface area contributed by atoms with Gasteiger partial charge >= 0.3 is 0 Å². The summed E-state index contributed by atoms with van der Waals surface area (Å²) in [5.74, 6) is 0.724. The van der Waals surface area contributed by atoms with E-state index in [4.69, 9.17) is 4.74 Å². The summed E-state index contributed by atoms with van der Waals surface area (Å²) < 4.78 is 33.2. The van der Waals surface area contributed by atoms with Gasteiger partial charge in [0.05, 0.1) is 12.8 Å². The Hall–Kier alpha value is -1.36. The molecule has 106 valence electrons. The summed E-state index contributed by atoms with van der Waals surface area (Å²) in [4.78, 5) is 0. The molecule has 0 bridgehead atoms. The summed E-state index contributed by atoms with van der Waals surface area (Å²) in [5.41, 5.74) is 0.911. The van der Waals surface area contributed by atoms with Gasteiger partial charge in [0, 0.05) is 5.69 Å². The minimum absolute atomic E-state index is 0.115. The topological polar surface area (TPSA) is 12.5 Å². The number of rotatable bonds is 5. The smallest absolute Gasteiger partial charge is 0.288 e. The van der Waals surface area contributed by atoms with E-state index in [2.05, 4.69) is 19.6 Å². The van der Waals surface area contributed by atoms with Gasteiger partial charge < -0.3 is 9.30 Å². The van der Waals surface area contributed by atoms with Crippen LogP contribution >= 0.6 is 0 Å². The fourth-order valence-corrected chi connectivity index (χ4v) is 4.03. The Morgan fingerprint density at radius 2 is 1.68 bits per heavy atom. The molecule has 0 unspecified atom stereocenters. The normalized spacial score (nSPS) is 11.1. The van der Waals surface area contributed by atoms with Crippen molar-refractivity contribution in [1.29, 1.82) is 0 Å². The first-order valence-corrected chi connectivity index (χ1v) is 9.74. The highest BCUT2D eigenvalue weighted by molar-refractivity contribution is 6.80. The van der Waals surface area contributed by atoms with Crippen LogP contribution in [0, 0.1) is 0 Å². The molecule has 19 heavy (non-hydrogen) atoms. The van der Waals surface area contributed by atoms with E-state index in [1.54, 1.807) is 26.2 Å². The Morgan fingerprint density at radius 1 is 1.16 bits per heavy atom. The zero-order valence-corrected chi connectivity index (χ0v) is 13.1. The lowest BCUT2D eigenvalue weighted by atomic mass is 10.2. The van der Waals surface area contributed by atoms with Gasteiger partial charge in [-0.3, -0.25) is 0 Å². The molecule has 0 heterocycles. The number of halogens is 2. The second-order valence-corrected chi connectivity index (χ2v) is 10.1. The first-order valence-electron chi connectivity index (χ1n) is 6.29. The van der Waals surface area contributed by atoms with Crippen molar-refractivity contribution in [1.82, 2.24) is 0 Å². The highest BCUT2D eigenvalue weighted by atomic mass is 28.3. The number of hydrogen-bond donors (Lipinski definition) is 0. The highest BCUT2D eigenvalue weighted by Gasteiger charge is 2.29. The summed E-state index contributed by atoms with van der Waals surface area (Å²) >= 11 is 0. The molecule has 2 nitrogen and oxygen atoms in total. The van der Waals surface area contributed by atoms with Crippen LogP contribution in [0.5, 0.6) is 5.75 Å². The molecule has 1 aromatic rings. The SMILES string of the molecule is CCC(=C(F)F)N(c1ccc(OC)cc1)[Si](C)(C)C. The van der Waals surface area contributed by atoms with Gasteiger partial charge in [-0.1, -0.05) is 26.6 Å². The molecule has 0 spiro atoms. The summed E-state index contributed by atoms with van der Waals surface area (Å²) in [5, 5.41) is 0. The maximum absolute atomic E-state index is 13.1. The van der Waals surface area contributed by atoms with E-state index in [9.17, 15) is 8.78 Å². The molecule has 0 aliphatic rings. The third kappa shape index (κ3) is 3.80. The van der Waals surface area contributed by atoms with Crippen molar-refractivity contribution in [2.24, 2.45) is 0 Å². The van der Waals surface area contributed by atoms with E-state index >= 15 is 0 Å². The van der Waals surface area contributed by atoms with E-state index in [1.165, 1.54) is 0 Å². The molecular weight excluding hydrogens is 264 g/mol. The van der Waals surface area contributed by atoms with Crippen LogP contribution in [-0.4, -0.2) is 15.3 Å². The number of anilines is 1. The first kappa shape index (κ1) is 15.7. The van der Waals surface area contributed by atoms with Crippen molar-refractivity contribution in [3.63, 3.8) is 0 Å². The lowest BCUT2D eigenvalue weighted by molar-refractivity contribution is 0.407. The van der Waals surface area contributed by atoms with E-state index in [1.807, 2.05) is 16.7 Å². The largest absolute Gasteiger partial charge is 0.497 e. The fraction of sp³-hybridized carbons (Fsp3) is 0.429. The van der Waals surface area contributed by atoms with E-state index < -0.39 is 14.3 Å². The number of hydrogen-bond acceptors (Lipinski definition) is 2. The average molecular weight is 285 g/mol. The van der Waals surface area contributed by atoms with Crippen molar-refractivity contribution in [2.75, 3.05) is 11.7 Å². The molecule has 0 N–H and O–H groups in total. The molecule has 0 aliphatic carbocycles. The van der Waals surface area contributed by atoms with Gasteiger partial charge in [-0.2, -0.15) is 8.78 Å². The van der Waals surface area contributed by atoms with Crippen LogP contribution in [0.3, 0.4) is 0 Å². The highest BCUT2D eigenvalue weighted by Crippen LogP contribution is 2.31. The third-order valence-electron chi connectivity index (χ3n) is 2.82. The average Bonchev–Trinajstić information content (AvgIpc) is 2.34. The van der Waals surface area contributed by atoms with Gasteiger partial charge in [-0.25, -0.2) is 0 Å². The number of allylic oxidation sites excluding steroid dienone is 1. The Labute approximate surface area is 114 Å². The van der Waals surface area contributed by atoms with Crippen LogP contribution < -0.4 is 9.30 Å². The van der Waals surface area contributed by atoms with Crippen LogP contribution in [0.2, 0.25) is 19.6 Å². The molecule has 0 atom stereocenters. The molecule has 1 aromatic carbocycles. The number of methoxy groups -OCH3 is 1. The summed E-state index contributed by atoms with van der Waals surface area (Å²) in [6.45, 7) is 7.91. The van der Waals surface area contributed by atoms with Crippen LogP contribution in [0.1, 0.15) is 13.3 Å². The standard InChI is InChI=1S/C14H21F2NOSi/c1-6-13(14(15)16)17(19(3,4)5)11-7-9-12(18-2)10-8-11/h7-10H,6H2,1-5H3. The Morgan fingerprint density at radius 3 is 2.00 bits per heavy atom. The van der Waals surface area contributed by atoms with Gasteiger partial charge in [0.15, 0.2) is 8.24 Å². The molecule has 0 radical (unpaired) electrons. The summed E-state index contributed by atoms with van der Waals surface area (Å²) in [6.07, 6.45) is -1.28. The van der Waals surface area contributed by atoms with Gasteiger partial charge in [0.1, 0.15) is 5.75 Å². The van der Waals surface area contributed by atoms with E-state index in [0.717, 1.165) is 11.4 Å². The molecular formula is C14H21F2NOSi. The predicted molar refractivity (Wildman–Crippen MR) is 78.4 cm³/mol. The van der Waals surface area contributed by atoms with Crippen LogP contribution in [0.15, 0.2) is 36.0 Å². The van der Waals surface area contributed by atoms with Crippen molar-refractivity contribution in [3.05, 3.63) is 36.0 Å². The minimum atomic E-state index is -1.95. The van der Waals surface area contributed by atoms with Gasteiger partial charge in [-0.15, -0.1) is 0 Å². The minimum Gasteiger partial charge on any atom is -0.497 e. The maximum atomic E-state index is 13.1. The lowest BCUT2D eigenvalue weighted by Crippen LogP contribution is -2.45. The van der Waals surface area contributed by atoms with Gasteiger partial charge in [0.25, 0.3) is 6.08 Å². The molecule has 0 saturated heterocycles. The Bertz CT molecular complexity index is 448. The first-order chi connectivity index (χ1) is 8.81. The second kappa shape index (κ2) is 6.19. The van der Waals surface area contributed by atoms with E-state index in [-0.39, 0.29) is 5.70 Å². The van der Waals surface area contributed by atoms with Crippen LogP contribution in [0.4, 0.5) is 14.5 Å². The number of benzene rings is 1. The van der Waals surface area contributed by atoms with Gasteiger partial charge in [-0.05, 0) is 30.7 Å². The maximum Gasteiger partial charge on any atom is 0.288 e. The fourth-order valence-electron chi connectivity index (χ4n) is 2.06. The van der Waals surface area contributed by atoms with Crippen LogP contribution in [-0.2, 0) is 0 Å². The predicted octanol–water partition coefficient (Wildman–Crippen LogP) is 4.85. The van der Waals surface area contributed by atoms with E-state index in [0.29, 0.717) is 6.42 Å². The van der Waals surface area contributed by atoms with Crippen molar-refractivity contribution in [2.45, 2.75) is 33.0 Å². The Kier molecular flexibility index (Phi) is 5.11. The molecule has 1 rings (SSSR count). The van der Waals surface area contributed by atoms with Crippen molar-refractivity contribution >= 4 is 13.9 Å². The quantitative estimate of drug-likeness (QED) is 0.717. The second-order valence-electron chi connectivity index (χ2n) is 5.26. The number of nitrogens with zero attached hydrogens (tertiary/aromatic N) is 1. The lowest BCUT2D eigenvalue weighted by Gasteiger charge is -2.37. The van der Waals surface area contributed by atoms with Gasteiger partial charge in [0.2, 0.25) is 0 Å². The zero-order chi connectivity index (χ0) is 14.6. The zero-order valence-electron chi connectivity index (χ0n) is 12.1. The molecule has 5 heteroatoms. The molecule has 0 aromatic heterocycles. The molecule has 0 amide bonds. The monoisotopic (exact) mass is 285 g/mol. The summed E-state index contributed by atoms with van der Waals surface area (Å²) in [6, 6.07) is 7.25. The molecule has 0 saturated carbocycles. The van der Waals surface area contributed by atoms with Crippen LogP contribution in [0.25, 0.3) is 0 Å². The molecule has 0 fully saturated rings. The Balaban J connectivity index is 3.28. The van der Waals surface area contributed by atoms with Crippen molar-refractivity contribution < 1.29 is 13.5 Å². The molecule has 0 aliphatic heterocycles. The van der Waals surface area contributed by atoms with Crippen molar-refractivity contribution in [3.8, 4) is 5.75 Å².